The third kappa shape index (κ3) is 3.99. The van der Waals surface area contributed by atoms with Crippen LogP contribution in [0.4, 0.5) is 13.2 Å². The fourth-order valence-electron chi connectivity index (χ4n) is 1.02. The van der Waals surface area contributed by atoms with E-state index in [0.29, 0.717) is 0 Å². The van der Waals surface area contributed by atoms with Gasteiger partial charge in [0.25, 0.3) is 0 Å². The molecule has 1 aromatic heterocycles. The summed E-state index contributed by atoms with van der Waals surface area (Å²) in [6.45, 7) is 5.08. The normalized spacial score (nSPS) is 15.1. The number of alkyl halides is 3. The monoisotopic (exact) mass is 278 g/mol. The fourth-order valence-corrected chi connectivity index (χ4v) is 1.54. The van der Waals surface area contributed by atoms with Crippen molar-refractivity contribution in [3.8, 4) is 0 Å². The van der Waals surface area contributed by atoms with Crippen molar-refractivity contribution in [1.29, 1.82) is 0 Å². The molecular weight excluding hydrogens is 265 g/mol. The highest BCUT2D eigenvalue weighted by Crippen LogP contribution is 2.30. The minimum atomic E-state index is -4.50. The SMILES string of the molecule is CC(C)(C)[S+]([O-])N=Cc1ccncc1C(F)(F)F. The van der Waals surface area contributed by atoms with Crippen LogP contribution in [0.1, 0.15) is 31.9 Å². The molecule has 0 spiro atoms. The molecule has 0 aliphatic carbocycles. The largest absolute Gasteiger partial charge is 0.591 e. The number of hydrogen-bond donors (Lipinski definition) is 0. The average Bonchev–Trinajstić information content (AvgIpc) is 2.23. The molecule has 7 heteroatoms. The van der Waals surface area contributed by atoms with E-state index in [1.54, 1.807) is 20.8 Å². The first-order valence-corrected chi connectivity index (χ1v) is 6.20. The van der Waals surface area contributed by atoms with E-state index in [1.807, 2.05) is 0 Å². The van der Waals surface area contributed by atoms with Crippen molar-refractivity contribution in [3.63, 3.8) is 0 Å². The van der Waals surface area contributed by atoms with Crippen molar-refractivity contribution in [3.05, 3.63) is 29.6 Å². The Labute approximate surface area is 106 Å². The summed E-state index contributed by atoms with van der Waals surface area (Å²) < 4.78 is 52.6. The number of nitrogens with zero attached hydrogens (tertiary/aromatic N) is 2. The number of rotatable bonds is 2. The van der Waals surface area contributed by atoms with E-state index in [1.165, 1.54) is 12.3 Å². The first-order valence-electron chi connectivity index (χ1n) is 5.09. The van der Waals surface area contributed by atoms with E-state index in [0.717, 1.165) is 12.4 Å². The van der Waals surface area contributed by atoms with Crippen molar-refractivity contribution in [2.75, 3.05) is 0 Å². The van der Waals surface area contributed by atoms with Crippen LogP contribution >= 0.6 is 0 Å². The summed E-state index contributed by atoms with van der Waals surface area (Å²) in [6.07, 6.45) is -1.57. The molecule has 18 heavy (non-hydrogen) atoms. The molecular formula is C11H13F3N2OS. The van der Waals surface area contributed by atoms with E-state index in [2.05, 4.69) is 9.38 Å². The summed E-state index contributed by atoms with van der Waals surface area (Å²) in [5, 5.41) is 0. The third-order valence-corrected chi connectivity index (χ3v) is 3.32. The standard InChI is InChI=1S/C11H13F3N2OS/c1-10(2,3)18(17)16-6-8-4-5-15-7-9(8)11(12,13)14/h4-7H,1-3H3. The molecule has 3 nitrogen and oxygen atoms in total. The molecule has 1 unspecified atom stereocenters. The second-order valence-electron chi connectivity index (χ2n) is 4.56. The summed E-state index contributed by atoms with van der Waals surface area (Å²) in [5.74, 6) is 0. The van der Waals surface area contributed by atoms with Crippen molar-refractivity contribution < 1.29 is 17.7 Å². The topological polar surface area (TPSA) is 48.3 Å². The van der Waals surface area contributed by atoms with Crippen molar-refractivity contribution in [1.82, 2.24) is 4.98 Å². The lowest BCUT2D eigenvalue weighted by atomic mass is 10.1. The van der Waals surface area contributed by atoms with E-state index in [9.17, 15) is 17.7 Å². The Bertz CT molecular complexity index is 441. The average molecular weight is 278 g/mol. The molecule has 0 aromatic carbocycles. The molecule has 0 bridgehead atoms. The Morgan fingerprint density at radius 3 is 2.44 bits per heavy atom. The van der Waals surface area contributed by atoms with Crippen LogP contribution in [0.15, 0.2) is 22.9 Å². The Morgan fingerprint density at radius 1 is 1.33 bits per heavy atom. The van der Waals surface area contributed by atoms with Gasteiger partial charge in [0.15, 0.2) is 0 Å². The predicted molar refractivity (Wildman–Crippen MR) is 64.7 cm³/mol. The van der Waals surface area contributed by atoms with Crippen molar-refractivity contribution >= 4 is 17.6 Å². The minimum Gasteiger partial charge on any atom is -0.591 e. The van der Waals surface area contributed by atoms with Crippen LogP contribution in [0, 0.1) is 0 Å². The third-order valence-electron chi connectivity index (χ3n) is 1.97. The molecule has 0 amide bonds. The molecule has 1 aromatic rings. The maximum Gasteiger partial charge on any atom is 0.418 e. The quantitative estimate of drug-likeness (QED) is 0.617. The van der Waals surface area contributed by atoms with Gasteiger partial charge in [-0.2, -0.15) is 13.2 Å². The summed E-state index contributed by atoms with van der Waals surface area (Å²) in [6, 6.07) is 1.19. The van der Waals surface area contributed by atoms with E-state index < -0.39 is 27.8 Å². The smallest absolute Gasteiger partial charge is 0.418 e. The van der Waals surface area contributed by atoms with Crippen LogP contribution in [0.3, 0.4) is 0 Å². The van der Waals surface area contributed by atoms with Gasteiger partial charge in [0, 0.05) is 18.0 Å². The first-order chi connectivity index (χ1) is 8.12. The molecule has 1 atom stereocenters. The lowest BCUT2D eigenvalue weighted by Gasteiger charge is -2.18. The Kier molecular flexibility index (Phi) is 4.39. The zero-order chi connectivity index (χ0) is 14.0. The van der Waals surface area contributed by atoms with E-state index in [-0.39, 0.29) is 5.56 Å². The fraction of sp³-hybridized carbons (Fsp3) is 0.455. The van der Waals surface area contributed by atoms with Crippen molar-refractivity contribution in [2.45, 2.75) is 31.7 Å². The maximum absolute atomic E-state index is 12.6. The Balaban J connectivity index is 3.02. The van der Waals surface area contributed by atoms with Gasteiger partial charge in [-0.25, -0.2) is 0 Å². The molecule has 0 aliphatic heterocycles. The van der Waals surface area contributed by atoms with Crippen molar-refractivity contribution in [2.24, 2.45) is 4.40 Å². The van der Waals surface area contributed by atoms with Gasteiger partial charge in [0.05, 0.1) is 11.8 Å². The second-order valence-corrected chi connectivity index (χ2v) is 6.49. The van der Waals surface area contributed by atoms with Crippen LogP contribution in [0.5, 0.6) is 0 Å². The van der Waals surface area contributed by atoms with Gasteiger partial charge in [0.1, 0.15) is 16.1 Å². The molecule has 0 aliphatic rings. The number of aromatic nitrogens is 1. The zero-order valence-electron chi connectivity index (χ0n) is 10.2. The summed E-state index contributed by atoms with van der Waals surface area (Å²) in [4.78, 5) is 3.43. The minimum absolute atomic E-state index is 0.143. The number of halogens is 3. The summed E-state index contributed by atoms with van der Waals surface area (Å²) >= 11 is -1.59. The molecule has 0 saturated carbocycles. The molecule has 100 valence electrons. The van der Waals surface area contributed by atoms with E-state index in [4.69, 9.17) is 0 Å². The van der Waals surface area contributed by atoms with Gasteiger partial charge < -0.3 is 4.55 Å². The molecule has 0 N–H and O–H groups in total. The lowest BCUT2D eigenvalue weighted by molar-refractivity contribution is -0.137. The highest BCUT2D eigenvalue weighted by Gasteiger charge is 2.33. The van der Waals surface area contributed by atoms with E-state index >= 15 is 0 Å². The second kappa shape index (κ2) is 5.27. The van der Waals surface area contributed by atoms with Crippen LogP contribution in [0.25, 0.3) is 0 Å². The van der Waals surface area contributed by atoms with Gasteiger partial charge in [-0.15, -0.1) is 0 Å². The number of pyridine rings is 1. The molecule has 1 heterocycles. The van der Waals surface area contributed by atoms with Gasteiger partial charge in [0.2, 0.25) is 0 Å². The van der Waals surface area contributed by atoms with Crippen LogP contribution < -0.4 is 0 Å². The Hall–Kier alpha value is -1.08. The molecule has 0 radical (unpaired) electrons. The Morgan fingerprint density at radius 2 is 1.94 bits per heavy atom. The van der Waals surface area contributed by atoms with Gasteiger partial charge >= 0.3 is 6.18 Å². The van der Waals surface area contributed by atoms with Crippen LogP contribution in [-0.4, -0.2) is 20.5 Å². The summed E-state index contributed by atoms with van der Waals surface area (Å²) in [5.41, 5.74) is -1.03. The van der Waals surface area contributed by atoms with Crippen LogP contribution in [-0.2, 0) is 17.5 Å². The highest BCUT2D eigenvalue weighted by molar-refractivity contribution is 7.91. The van der Waals surface area contributed by atoms with Gasteiger partial charge in [-0.1, -0.05) is 4.40 Å². The van der Waals surface area contributed by atoms with Gasteiger partial charge in [-0.3, -0.25) is 4.98 Å². The molecule has 0 fully saturated rings. The molecule has 0 saturated heterocycles. The zero-order valence-corrected chi connectivity index (χ0v) is 11.0. The molecule has 1 rings (SSSR count). The maximum atomic E-state index is 12.6. The summed E-state index contributed by atoms with van der Waals surface area (Å²) in [7, 11) is 0. The lowest BCUT2D eigenvalue weighted by Crippen LogP contribution is -2.26. The van der Waals surface area contributed by atoms with Crippen LogP contribution in [0.2, 0.25) is 0 Å². The van der Waals surface area contributed by atoms with Gasteiger partial charge in [-0.05, 0) is 26.8 Å². The number of hydrogen-bond acceptors (Lipinski definition) is 3. The highest BCUT2D eigenvalue weighted by atomic mass is 32.2. The first kappa shape index (κ1) is 15.0. The predicted octanol–water partition coefficient (Wildman–Crippen LogP) is 2.98.